The van der Waals surface area contributed by atoms with E-state index in [1.54, 1.807) is 12.2 Å². The third-order valence-corrected chi connectivity index (χ3v) is 6.55. The second kappa shape index (κ2) is 15.9. The summed E-state index contributed by atoms with van der Waals surface area (Å²) in [6.07, 6.45) is 5.67. The molecule has 0 aliphatic carbocycles. The van der Waals surface area contributed by atoms with Crippen LogP contribution in [0.3, 0.4) is 0 Å². The lowest BCUT2D eigenvalue weighted by Crippen LogP contribution is -2.29. The van der Waals surface area contributed by atoms with Crippen LogP contribution >= 0.6 is 0 Å². The first-order valence-electron chi connectivity index (χ1n) is 13.4. The Labute approximate surface area is 237 Å². The standard InChI is InChI=1S/C34H38O6/c1-5-11-27-13-7-9-15-29(27)39-31(33(35)37-3)23-21-25-17-19-26(20-18-25)22-24-32(34(36)38-4)40-30-16-10-8-14-28(30)12-6-2/h5-10,13-20,31-32H,1-2,11-12,21-24H2,3-4H3. The largest absolute Gasteiger partial charge is 0.478 e. The lowest BCUT2D eigenvalue weighted by atomic mass is 10.0. The molecule has 3 aromatic rings. The molecule has 0 amide bonds. The summed E-state index contributed by atoms with van der Waals surface area (Å²) < 4.78 is 22.2. The molecular weight excluding hydrogens is 504 g/mol. The molecule has 0 fully saturated rings. The topological polar surface area (TPSA) is 71.1 Å². The fraction of sp³-hybridized carbons (Fsp3) is 0.294. The van der Waals surface area contributed by atoms with E-state index < -0.39 is 24.1 Å². The summed E-state index contributed by atoms with van der Waals surface area (Å²) in [4.78, 5) is 24.9. The van der Waals surface area contributed by atoms with Gasteiger partial charge in [-0.1, -0.05) is 72.8 Å². The highest BCUT2D eigenvalue weighted by Gasteiger charge is 2.23. The van der Waals surface area contributed by atoms with Crippen LogP contribution in [0.5, 0.6) is 11.5 Å². The van der Waals surface area contributed by atoms with Crippen molar-refractivity contribution >= 4 is 11.9 Å². The van der Waals surface area contributed by atoms with E-state index in [2.05, 4.69) is 13.2 Å². The zero-order valence-corrected chi connectivity index (χ0v) is 23.3. The number of rotatable bonds is 16. The van der Waals surface area contributed by atoms with Crippen molar-refractivity contribution in [1.29, 1.82) is 0 Å². The molecule has 3 rings (SSSR count). The van der Waals surface area contributed by atoms with Crippen LogP contribution in [0, 0.1) is 0 Å². The Balaban J connectivity index is 1.61. The van der Waals surface area contributed by atoms with Crippen LogP contribution < -0.4 is 9.47 Å². The number of methoxy groups -OCH3 is 2. The van der Waals surface area contributed by atoms with Gasteiger partial charge in [-0.25, -0.2) is 9.59 Å². The molecule has 6 nitrogen and oxygen atoms in total. The van der Waals surface area contributed by atoms with Crippen LogP contribution in [0.1, 0.15) is 35.1 Å². The normalized spacial score (nSPS) is 12.1. The molecule has 3 aromatic carbocycles. The SMILES string of the molecule is C=CCc1ccccc1OC(CCc1ccc(CCC(Oc2ccccc2CC=C)C(=O)OC)cc1)C(=O)OC. The predicted molar refractivity (Wildman–Crippen MR) is 157 cm³/mol. The van der Waals surface area contributed by atoms with Gasteiger partial charge in [0.1, 0.15) is 11.5 Å². The van der Waals surface area contributed by atoms with Crippen molar-refractivity contribution < 1.29 is 28.5 Å². The van der Waals surface area contributed by atoms with Gasteiger partial charge in [-0.3, -0.25) is 0 Å². The van der Waals surface area contributed by atoms with Crippen molar-refractivity contribution in [2.45, 2.75) is 50.7 Å². The summed E-state index contributed by atoms with van der Waals surface area (Å²) in [5.74, 6) is 0.493. The van der Waals surface area contributed by atoms with E-state index in [0.717, 1.165) is 22.3 Å². The number of aryl methyl sites for hydroxylation is 2. The van der Waals surface area contributed by atoms with Gasteiger partial charge >= 0.3 is 11.9 Å². The molecule has 0 aromatic heterocycles. The number of ether oxygens (including phenoxy) is 4. The molecule has 0 bridgehead atoms. The van der Waals surface area contributed by atoms with E-state index >= 15 is 0 Å². The summed E-state index contributed by atoms with van der Waals surface area (Å²) in [5.41, 5.74) is 4.07. The van der Waals surface area contributed by atoms with Crippen LogP contribution in [0.15, 0.2) is 98.1 Å². The number of esters is 2. The van der Waals surface area contributed by atoms with Crippen molar-refractivity contribution in [3.63, 3.8) is 0 Å². The quantitative estimate of drug-likeness (QED) is 0.157. The fourth-order valence-corrected chi connectivity index (χ4v) is 4.37. The Morgan fingerprint density at radius 2 is 1.02 bits per heavy atom. The van der Waals surface area contributed by atoms with E-state index in [-0.39, 0.29) is 0 Å². The number of para-hydroxylation sites is 2. The number of hydrogen-bond acceptors (Lipinski definition) is 6. The molecule has 2 unspecified atom stereocenters. The predicted octanol–water partition coefficient (Wildman–Crippen LogP) is 6.25. The molecule has 0 aliphatic heterocycles. The van der Waals surface area contributed by atoms with Gasteiger partial charge in [-0.15, -0.1) is 13.2 Å². The Hall–Kier alpha value is -4.32. The summed E-state index contributed by atoms with van der Waals surface area (Å²) in [7, 11) is 2.74. The van der Waals surface area contributed by atoms with Crippen molar-refractivity contribution in [1.82, 2.24) is 0 Å². The second-order valence-corrected chi connectivity index (χ2v) is 9.35. The number of benzene rings is 3. The molecule has 40 heavy (non-hydrogen) atoms. The van der Waals surface area contributed by atoms with Gasteiger partial charge in [0.2, 0.25) is 0 Å². The second-order valence-electron chi connectivity index (χ2n) is 9.35. The molecule has 0 saturated heterocycles. The fourth-order valence-electron chi connectivity index (χ4n) is 4.37. The third kappa shape index (κ3) is 8.87. The van der Waals surface area contributed by atoms with Crippen molar-refractivity contribution in [2.75, 3.05) is 14.2 Å². The minimum absolute atomic E-state index is 0.409. The van der Waals surface area contributed by atoms with Gasteiger partial charge in [0.15, 0.2) is 12.2 Å². The number of allylic oxidation sites excluding steroid dienone is 2. The van der Waals surface area contributed by atoms with Gasteiger partial charge in [-0.2, -0.15) is 0 Å². The van der Waals surface area contributed by atoms with E-state index in [1.807, 2.05) is 72.8 Å². The lowest BCUT2D eigenvalue weighted by Gasteiger charge is -2.19. The van der Waals surface area contributed by atoms with Crippen LogP contribution in [0.25, 0.3) is 0 Å². The highest BCUT2D eigenvalue weighted by atomic mass is 16.6. The molecule has 0 radical (unpaired) electrons. The van der Waals surface area contributed by atoms with Gasteiger partial charge in [0, 0.05) is 0 Å². The highest BCUT2D eigenvalue weighted by molar-refractivity contribution is 5.75. The van der Waals surface area contributed by atoms with Gasteiger partial charge < -0.3 is 18.9 Å². The van der Waals surface area contributed by atoms with Gasteiger partial charge in [0.05, 0.1) is 14.2 Å². The van der Waals surface area contributed by atoms with E-state index in [4.69, 9.17) is 18.9 Å². The van der Waals surface area contributed by atoms with Crippen LogP contribution in [0.2, 0.25) is 0 Å². The summed E-state index contributed by atoms with van der Waals surface area (Å²) in [6, 6.07) is 23.4. The summed E-state index contributed by atoms with van der Waals surface area (Å²) in [5, 5.41) is 0. The number of carbonyl (C=O) groups is 2. The molecule has 0 aliphatic rings. The average molecular weight is 543 g/mol. The monoisotopic (exact) mass is 542 g/mol. The lowest BCUT2D eigenvalue weighted by molar-refractivity contribution is -0.149. The molecule has 0 heterocycles. The average Bonchev–Trinajstić information content (AvgIpc) is 2.99. The maximum absolute atomic E-state index is 12.5. The van der Waals surface area contributed by atoms with Crippen LogP contribution in [-0.2, 0) is 44.7 Å². The van der Waals surface area contributed by atoms with E-state index in [9.17, 15) is 9.59 Å². The maximum atomic E-state index is 12.5. The molecule has 0 N–H and O–H groups in total. The summed E-state index contributed by atoms with van der Waals surface area (Å²) >= 11 is 0. The molecule has 2 atom stereocenters. The molecular formula is C34H38O6. The van der Waals surface area contributed by atoms with Gasteiger partial charge in [0.25, 0.3) is 0 Å². The van der Waals surface area contributed by atoms with Crippen molar-refractivity contribution in [3.8, 4) is 11.5 Å². The minimum atomic E-state index is -0.724. The number of hydrogen-bond donors (Lipinski definition) is 0. The Morgan fingerprint density at radius 3 is 1.38 bits per heavy atom. The maximum Gasteiger partial charge on any atom is 0.347 e. The highest BCUT2D eigenvalue weighted by Crippen LogP contribution is 2.24. The molecule has 6 heteroatoms. The first-order valence-corrected chi connectivity index (χ1v) is 13.4. The summed E-state index contributed by atoms with van der Waals surface area (Å²) in [6.45, 7) is 7.59. The first kappa shape index (κ1) is 30.2. The van der Waals surface area contributed by atoms with E-state index in [0.29, 0.717) is 50.0 Å². The Morgan fingerprint density at radius 1 is 0.650 bits per heavy atom. The molecule has 0 saturated carbocycles. The smallest absolute Gasteiger partial charge is 0.347 e. The van der Waals surface area contributed by atoms with Crippen LogP contribution in [0.4, 0.5) is 0 Å². The van der Waals surface area contributed by atoms with E-state index in [1.165, 1.54) is 14.2 Å². The Bertz CT molecular complexity index is 1160. The molecule has 210 valence electrons. The third-order valence-electron chi connectivity index (χ3n) is 6.55. The number of carbonyl (C=O) groups excluding carboxylic acids is 2. The zero-order chi connectivity index (χ0) is 28.7. The zero-order valence-electron chi connectivity index (χ0n) is 23.3. The van der Waals surface area contributed by atoms with Crippen molar-refractivity contribution in [3.05, 3.63) is 120 Å². The van der Waals surface area contributed by atoms with Gasteiger partial charge in [-0.05, 0) is 72.9 Å². The minimum Gasteiger partial charge on any atom is -0.478 e. The molecule has 0 spiro atoms. The van der Waals surface area contributed by atoms with Crippen LogP contribution in [-0.4, -0.2) is 38.4 Å². The van der Waals surface area contributed by atoms with Crippen molar-refractivity contribution in [2.24, 2.45) is 0 Å². The first-order chi connectivity index (χ1) is 19.5. The Kier molecular flexibility index (Phi) is 12.0.